The fraction of sp³-hybridized carbons (Fsp3) is 0.455. The molecule has 1 aliphatic heterocycles. The van der Waals surface area contributed by atoms with Crippen LogP contribution in [0.1, 0.15) is 29.3 Å². The summed E-state index contributed by atoms with van der Waals surface area (Å²) in [7, 11) is 0. The topological polar surface area (TPSA) is 109 Å². The highest BCUT2D eigenvalue weighted by Gasteiger charge is 2.29. The van der Waals surface area contributed by atoms with E-state index in [1.165, 1.54) is 0 Å². The summed E-state index contributed by atoms with van der Waals surface area (Å²) in [4.78, 5) is 43.2. The summed E-state index contributed by atoms with van der Waals surface area (Å²) in [6, 6.07) is 7.79. The molecule has 0 spiro atoms. The first-order chi connectivity index (χ1) is 14.9. The normalized spacial score (nSPS) is 17.6. The number of Topliss-reactive ketones (excluding diaryl/α,β-unsaturated/α-hetero) is 1. The molecule has 0 fully saturated rings. The van der Waals surface area contributed by atoms with Crippen LogP contribution in [0.15, 0.2) is 36.5 Å². The highest BCUT2D eigenvalue weighted by Crippen LogP contribution is 2.17. The van der Waals surface area contributed by atoms with Crippen LogP contribution in [0.3, 0.4) is 0 Å². The molecular formula is C22H28N4O4S. The minimum absolute atomic E-state index is 0.0978. The highest BCUT2D eigenvalue weighted by molar-refractivity contribution is 7.11. The number of hydrogen-bond acceptors (Lipinski definition) is 7. The van der Waals surface area contributed by atoms with Gasteiger partial charge in [0.05, 0.1) is 17.6 Å². The molecule has 1 aromatic carbocycles. The number of rotatable bonds is 6. The van der Waals surface area contributed by atoms with Crippen LogP contribution in [0.2, 0.25) is 0 Å². The summed E-state index contributed by atoms with van der Waals surface area (Å²) < 4.78 is 5.24. The standard InChI is InChI=1S/C22H28N4O4S/c1-14(2)20(26-22(29)30-13-15-6-4-3-5-7-15)21(28)25-17-10-16-11-24-19(31-16)8-9-23-12-18(17)27/h3-7,11,14,17,20,23H,8-10,12-13H2,1-2H3,(H,25,28)(H,26,29). The molecule has 31 heavy (non-hydrogen) atoms. The Morgan fingerprint density at radius 3 is 2.81 bits per heavy atom. The van der Waals surface area contributed by atoms with Gasteiger partial charge in [0.2, 0.25) is 5.91 Å². The van der Waals surface area contributed by atoms with Gasteiger partial charge < -0.3 is 20.7 Å². The zero-order chi connectivity index (χ0) is 22.2. The molecule has 9 heteroatoms. The van der Waals surface area contributed by atoms with Crippen LogP contribution in [0.4, 0.5) is 4.79 Å². The minimum Gasteiger partial charge on any atom is -0.445 e. The predicted molar refractivity (Wildman–Crippen MR) is 118 cm³/mol. The van der Waals surface area contributed by atoms with Crippen LogP contribution in [0, 0.1) is 5.92 Å². The Balaban J connectivity index is 1.61. The molecule has 8 nitrogen and oxygen atoms in total. The van der Waals surface area contributed by atoms with Crippen molar-refractivity contribution in [3.8, 4) is 0 Å². The SMILES string of the molecule is CC(C)C(NC(=O)OCc1ccccc1)C(=O)NC1Cc2cnc(s2)CCNCC1=O. The molecular weight excluding hydrogens is 416 g/mol. The Kier molecular flexibility index (Phi) is 8.13. The second-order valence-electron chi connectivity index (χ2n) is 7.81. The number of nitrogens with zero attached hydrogens (tertiary/aromatic N) is 1. The fourth-order valence-electron chi connectivity index (χ4n) is 3.22. The molecule has 2 atom stereocenters. The van der Waals surface area contributed by atoms with Gasteiger partial charge in [0.1, 0.15) is 12.6 Å². The summed E-state index contributed by atoms with van der Waals surface area (Å²) in [6.07, 6.45) is 2.24. The molecule has 0 aliphatic carbocycles. The number of aromatic nitrogens is 1. The zero-order valence-corrected chi connectivity index (χ0v) is 18.5. The number of ketones is 1. The van der Waals surface area contributed by atoms with Gasteiger partial charge >= 0.3 is 6.09 Å². The number of nitrogens with one attached hydrogen (secondary N) is 3. The molecule has 0 radical (unpaired) electrons. The van der Waals surface area contributed by atoms with E-state index in [1.54, 1.807) is 17.5 Å². The van der Waals surface area contributed by atoms with Gasteiger partial charge in [-0.25, -0.2) is 9.78 Å². The number of amides is 2. The van der Waals surface area contributed by atoms with Gasteiger partial charge in [-0.3, -0.25) is 9.59 Å². The lowest BCUT2D eigenvalue weighted by Crippen LogP contribution is -2.55. The molecule has 3 N–H and O–H groups in total. The summed E-state index contributed by atoms with van der Waals surface area (Å²) in [5.74, 6) is -0.696. The number of carbonyl (C=O) groups excluding carboxylic acids is 3. The predicted octanol–water partition coefficient (Wildman–Crippen LogP) is 1.84. The first kappa shape index (κ1) is 22.9. The van der Waals surface area contributed by atoms with E-state index in [2.05, 4.69) is 20.9 Å². The van der Waals surface area contributed by atoms with Crippen molar-refractivity contribution in [1.29, 1.82) is 0 Å². The Bertz CT molecular complexity index is 900. The first-order valence-electron chi connectivity index (χ1n) is 10.4. The third-order valence-corrected chi connectivity index (χ3v) is 6.04. The lowest BCUT2D eigenvalue weighted by atomic mass is 10.0. The minimum atomic E-state index is -0.823. The molecule has 2 amide bonds. The van der Waals surface area contributed by atoms with Gasteiger partial charge in [0, 0.05) is 30.5 Å². The lowest BCUT2D eigenvalue weighted by molar-refractivity contribution is -0.129. The second kappa shape index (κ2) is 11.0. The molecule has 0 saturated carbocycles. The Morgan fingerprint density at radius 2 is 2.06 bits per heavy atom. The average Bonchev–Trinajstić information content (AvgIpc) is 3.19. The third kappa shape index (κ3) is 6.86. The quantitative estimate of drug-likeness (QED) is 0.627. The molecule has 2 unspecified atom stereocenters. The van der Waals surface area contributed by atoms with Crippen molar-refractivity contribution in [2.24, 2.45) is 5.92 Å². The van der Waals surface area contributed by atoms with E-state index < -0.39 is 24.1 Å². The molecule has 0 saturated heterocycles. The maximum Gasteiger partial charge on any atom is 0.408 e. The third-order valence-electron chi connectivity index (χ3n) is 4.96. The highest BCUT2D eigenvalue weighted by atomic mass is 32.1. The smallest absolute Gasteiger partial charge is 0.408 e. The van der Waals surface area contributed by atoms with Crippen LogP contribution in [-0.2, 0) is 33.8 Å². The molecule has 166 valence electrons. The van der Waals surface area contributed by atoms with Crippen LogP contribution in [0.25, 0.3) is 0 Å². The lowest BCUT2D eigenvalue weighted by Gasteiger charge is -2.25. The van der Waals surface area contributed by atoms with E-state index in [-0.39, 0.29) is 24.9 Å². The molecule has 2 heterocycles. The number of hydrogen-bond donors (Lipinski definition) is 3. The average molecular weight is 445 g/mol. The maximum absolute atomic E-state index is 13.0. The molecule has 1 aromatic heterocycles. The van der Waals surface area contributed by atoms with Crippen LogP contribution in [0.5, 0.6) is 0 Å². The number of thiazole rings is 1. The largest absolute Gasteiger partial charge is 0.445 e. The van der Waals surface area contributed by atoms with Crippen molar-refractivity contribution in [3.05, 3.63) is 52.0 Å². The van der Waals surface area contributed by atoms with Crippen molar-refractivity contribution in [3.63, 3.8) is 0 Å². The number of fused-ring (bicyclic) bond motifs is 2. The molecule has 3 rings (SSSR count). The monoisotopic (exact) mass is 444 g/mol. The summed E-state index contributed by atoms with van der Waals surface area (Å²) in [5.41, 5.74) is 0.853. The number of ether oxygens (including phenoxy) is 1. The molecule has 2 bridgehead atoms. The van der Waals surface area contributed by atoms with E-state index in [0.717, 1.165) is 21.9 Å². The number of carbonyl (C=O) groups is 3. The van der Waals surface area contributed by atoms with Crippen LogP contribution < -0.4 is 16.0 Å². The van der Waals surface area contributed by atoms with Gasteiger partial charge in [-0.15, -0.1) is 11.3 Å². The van der Waals surface area contributed by atoms with Crippen molar-refractivity contribution < 1.29 is 19.1 Å². The van der Waals surface area contributed by atoms with Crippen molar-refractivity contribution in [2.75, 3.05) is 13.1 Å². The second-order valence-corrected chi connectivity index (χ2v) is 9.01. The van der Waals surface area contributed by atoms with Crippen molar-refractivity contribution in [1.82, 2.24) is 20.9 Å². The van der Waals surface area contributed by atoms with E-state index in [9.17, 15) is 14.4 Å². The summed E-state index contributed by atoms with van der Waals surface area (Å²) in [6.45, 7) is 4.60. The molecule has 1 aliphatic rings. The van der Waals surface area contributed by atoms with Crippen molar-refractivity contribution >= 4 is 29.1 Å². The Hall–Kier alpha value is -2.78. The number of alkyl carbamates (subject to hydrolysis) is 1. The Labute approximate surface area is 185 Å². The Morgan fingerprint density at radius 1 is 1.29 bits per heavy atom. The van der Waals surface area contributed by atoms with E-state index in [0.29, 0.717) is 13.0 Å². The first-order valence-corrected chi connectivity index (χ1v) is 11.2. The summed E-state index contributed by atoms with van der Waals surface area (Å²) in [5, 5.41) is 9.56. The zero-order valence-electron chi connectivity index (χ0n) is 17.7. The molecule has 2 aromatic rings. The van der Waals surface area contributed by atoms with Crippen molar-refractivity contribution in [2.45, 2.75) is 45.4 Å². The fourth-order valence-corrected chi connectivity index (χ4v) is 4.19. The van der Waals surface area contributed by atoms with Gasteiger partial charge in [0.25, 0.3) is 0 Å². The summed E-state index contributed by atoms with van der Waals surface area (Å²) >= 11 is 1.55. The van der Waals surface area contributed by atoms with Gasteiger partial charge in [-0.05, 0) is 11.5 Å². The van der Waals surface area contributed by atoms with E-state index >= 15 is 0 Å². The van der Waals surface area contributed by atoms with E-state index in [4.69, 9.17) is 4.74 Å². The van der Waals surface area contributed by atoms with Crippen LogP contribution in [-0.4, -0.2) is 47.9 Å². The van der Waals surface area contributed by atoms with Crippen LogP contribution >= 0.6 is 11.3 Å². The maximum atomic E-state index is 13.0. The van der Waals surface area contributed by atoms with Gasteiger partial charge in [-0.1, -0.05) is 44.2 Å². The number of benzene rings is 1. The van der Waals surface area contributed by atoms with E-state index in [1.807, 2.05) is 44.2 Å². The van der Waals surface area contributed by atoms with Gasteiger partial charge in [-0.2, -0.15) is 0 Å². The van der Waals surface area contributed by atoms with Gasteiger partial charge in [0.15, 0.2) is 5.78 Å².